The minimum absolute atomic E-state index is 0.276. The van der Waals surface area contributed by atoms with Gasteiger partial charge in [0.15, 0.2) is 0 Å². The van der Waals surface area contributed by atoms with E-state index >= 15 is 0 Å². The largest absolute Gasteiger partial charge is 0.465 e. The predicted octanol–water partition coefficient (Wildman–Crippen LogP) is 1.51. The lowest BCUT2D eigenvalue weighted by molar-refractivity contribution is 0.0601. The molecule has 0 aliphatic carbocycles. The molecule has 2 aromatic heterocycles. The van der Waals surface area contributed by atoms with E-state index < -0.39 is 5.97 Å². The second-order valence-electron chi connectivity index (χ2n) is 3.39. The zero-order valence-electron chi connectivity index (χ0n) is 9.25. The van der Waals surface area contributed by atoms with Crippen molar-refractivity contribution in [2.45, 2.75) is 0 Å². The molecule has 0 aliphatic heterocycles. The summed E-state index contributed by atoms with van der Waals surface area (Å²) in [4.78, 5) is 19.6. The molecular formula is C12H11N3O2. The van der Waals surface area contributed by atoms with Crippen molar-refractivity contribution in [2.24, 2.45) is 0 Å². The number of hydrogen-bond acceptors (Lipinski definition) is 5. The second kappa shape index (κ2) is 4.61. The first kappa shape index (κ1) is 11.1. The zero-order chi connectivity index (χ0) is 12.3. The number of rotatable bonds is 2. The van der Waals surface area contributed by atoms with Crippen LogP contribution in [0.4, 0.5) is 5.82 Å². The summed E-state index contributed by atoms with van der Waals surface area (Å²) in [5, 5.41) is 0. The number of pyridine rings is 2. The fraction of sp³-hybridized carbons (Fsp3) is 0.0833. The van der Waals surface area contributed by atoms with Crippen LogP contribution in [0.5, 0.6) is 0 Å². The van der Waals surface area contributed by atoms with Gasteiger partial charge in [0.1, 0.15) is 5.82 Å². The van der Waals surface area contributed by atoms with Crippen LogP contribution in [0.2, 0.25) is 0 Å². The van der Waals surface area contributed by atoms with Crippen molar-refractivity contribution in [3.63, 3.8) is 0 Å². The number of carbonyl (C=O) groups is 1. The molecule has 2 rings (SSSR count). The molecule has 0 amide bonds. The van der Waals surface area contributed by atoms with Crippen molar-refractivity contribution in [3.05, 3.63) is 42.4 Å². The Morgan fingerprint density at radius 3 is 2.88 bits per heavy atom. The molecule has 2 heterocycles. The van der Waals surface area contributed by atoms with Crippen molar-refractivity contribution in [1.82, 2.24) is 9.97 Å². The Kier molecular flexibility index (Phi) is 3.00. The van der Waals surface area contributed by atoms with Gasteiger partial charge in [0.25, 0.3) is 0 Å². The molecule has 5 nitrogen and oxygen atoms in total. The number of carbonyl (C=O) groups excluding carboxylic acids is 1. The van der Waals surface area contributed by atoms with Crippen molar-refractivity contribution in [2.75, 3.05) is 12.8 Å². The molecule has 0 radical (unpaired) electrons. The van der Waals surface area contributed by atoms with Crippen LogP contribution in [-0.4, -0.2) is 23.0 Å². The second-order valence-corrected chi connectivity index (χ2v) is 3.39. The highest BCUT2D eigenvalue weighted by Gasteiger charge is 2.14. The van der Waals surface area contributed by atoms with E-state index in [0.717, 1.165) is 5.56 Å². The number of nitrogen functional groups attached to an aromatic ring is 1. The van der Waals surface area contributed by atoms with Gasteiger partial charge in [-0.05, 0) is 12.1 Å². The van der Waals surface area contributed by atoms with Crippen LogP contribution < -0.4 is 5.73 Å². The van der Waals surface area contributed by atoms with Gasteiger partial charge in [-0.3, -0.25) is 4.98 Å². The third kappa shape index (κ3) is 2.23. The monoisotopic (exact) mass is 229 g/mol. The van der Waals surface area contributed by atoms with Crippen LogP contribution >= 0.6 is 0 Å². The number of esters is 1. The molecule has 0 spiro atoms. The molecule has 0 unspecified atom stereocenters. The average Bonchev–Trinajstić information content (AvgIpc) is 2.38. The SMILES string of the molecule is COC(=O)c1cc(N)ncc1-c1cccnc1. The number of nitrogens with zero attached hydrogens (tertiary/aromatic N) is 2. The highest BCUT2D eigenvalue weighted by atomic mass is 16.5. The number of methoxy groups -OCH3 is 1. The quantitative estimate of drug-likeness (QED) is 0.790. The number of aromatic nitrogens is 2. The van der Waals surface area contributed by atoms with E-state index in [2.05, 4.69) is 9.97 Å². The molecule has 86 valence electrons. The molecule has 5 heteroatoms. The van der Waals surface area contributed by atoms with Crippen LogP contribution in [0.1, 0.15) is 10.4 Å². The molecule has 17 heavy (non-hydrogen) atoms. The summed E-state index contributed by atoms with van der Waals surface area (Å²) in [5.41, 5.74) is 7.39. The van der Waals surface area contributed by atoms with Gasteiger partial charge in [-0.15, -0.1) is 0 Å². The molecular weight excluding hydrogens is 218 g/mol. The third-order valence-corrected chi connectivity index (χ3v) is 2.30. The van der Waals surface area contributed by atoms with Gasteiger partial charge in [-0.2, -0.15) is 0 Å². The first-order chi connectivity index (χ1) is 8.22. The Morgan fingerprint density at radius 1 is 1.41 bits per heavy atom. The number of anilines is 1. The highest BCUT2D eigenvalue weighted by molar-refractivity contribution is 5.97. The van der Waals surface area contributed by atoms with Crippen LogP contribution in [0.3, 0.4) is 0 Å². The molecule has 2 aromatic rings. The summed E-state index contributed by atoms with van der Waals surface area (Å²) in [6.07, 6.45) is 4.85. The van der Waals surface area contributed by atoms with E-state index in [9.17, 15) is 4.79 Å². The fourth-order valence-electron chi connectivity index (χ4n) is 1.50. The van der Waals surface area contributed by atoms with Crippen LogP contribution in [0.15, 0.2) is 36.8 Å². The van der Waals surface area contributed by atoms with E-state index in [1.165, 1.54) is 13.2 Å². The molecule has 0 atom stereocenters. The molecule has 0 fully saturated rings. The van der Waals surface area contributed by atoms with Crippen molar-refractivity contribution in [1.29, 1.82) is 0 Å². The van der Waals surface area contributed by atoms with E-state index in [-0.39, 0.29) is 5.82 Å². The lowest BCUT2D eigenvalue weighted by Crippen LogP contribution is -2.06. The predicted molar refractivity (Wildman–Crippen MR) is 63.2 cm³/mol. The minimum Gasteiger partial charge on any atom is -0.465 e. The number of hydrogen-bond donors (Lipinski definition) is 1. The Balaban J connectivity index is 2.58. The number of nitrogens with two attached hydrogens (primary N) is 1. The maximum absolute atomic E-state index is 11.6. The van der Waals surface area contributed by atoms with Gasteiger partial charge in [-0.25, -0.2) is 9.78 Å². The highest BCUT2D eigenvalue weighted by Crippen LogP contribution is 2.23. The standard InChI is InChI=1S/C12H11N3O2/c1-17-12(16)9-5-11(13)15-7-10(9)8-3-2-4-14-6-8/h2-7H,1H3,(H2,13,15). The van der Waals surface area contributed by atoms with Gasteiger partial charge < -0.3 is 10.5 Å². The van der Waals surface area contributed by atoms with Crippen LogP contribution in [-0.2, 0) is 4.74 Å². The molecule has 0 aliphatic rings. The summed E-state index contributed by atoms with van der Waals surface area (Å²) in [5.74, 6) is -0.170. The zero-order valence-corrected chi connectivity index (χ0v) is 9.25. The normalized spacial score (nSPS) is 9.94. The van der Waals surface area contributed by atoms with Crippen molar-refractivity contribution < 1.29 is 9.53 Å². The summed E-state index contributed by atoms with van der Waals surface area (Å²) >= 11 is 0. The topological polar surface area (TPSA) is 78.1 Å². The Labute approximate surface area is 98.3 Å². The summed E-state index contributed by atoms with van der Waals surface area (Å²) < 4.78 is 4.71. The van der Waals surface area contributed by atoms with Gasteiger partial charge >= 0.3 is 5.97 Å². The lowest BCUT2D eigenvalue weighted by atomic mass is 10.0. The Hall–Kier alpha value is -2.43. The Morgan fingerprint density at radius 2 is 2.24 bits per heavy atom. The summed E-state index contributed by atoms with van der Waals surface area (Å²) in [6.45, 7) is 0. The molecule has 2 N–H and O–H groups in total. The molecule has 0 bridgehead atoms. The minimum atomic E-state index is -0.446. The maximum atomic E-state index is 11.6. The van der Waals surface area contributed by atoms with E-state index in [1.54, 1.807) is 24.7 Å². The third-order valence-electron chi connectivity index (χ3n) is 2.30. The van der Waals surface area contributed by atoms with Gasteiger partial charge in [0, 0.05) is 29.7 Å². The Bertz CT molecular complexity index is 541. The van der Waals surface area contributed by atoms with Gasteiger partial charge in [0.05, 0.1) is 12.7 Å². The summed E-state index contributed by atoms with van der Waals surface area (Å²) in [6, 6.07) is 5.12. The van der Waals surface area contributed by atoms with E-state index in [4.69, 9.17) is 10.5 Å². The lowest BCUT2D eigenvalue weighted by Gasteiger charge is -2.07. The summed E-state index contributed by atoms with van der Waals surface area (Å²) in [7, 11) is 1.33. The maximum Gasteiger partial charge on any atom is 0.338 e. The van der Waals surface area contributed by atoms with E-state index in [1.807, 2.05) is 6.07 Å². The molecule has 0 aromatic carbocycles. The van der Waals surface area contributed by atoms with E-state index in [0.29, 0.717) is 11.1 Å². The smallest absolute Gasteiger partial charge is 0.338 e. The van der Waals surface area contributed by atoms with Gasteiger partial charge in [0.2, 0.25) is 0 Å². The van der Waals surface area contributed by atoms with Crippen molar-refractivity contribution >= 4 is 11.8 Å². The van der Waals surface area contributed by atoms with Crippen molar-refractivity contribution in [3.8, 4) is 11.1 Å². The number of ether oxygens (including phenoxy) is 1. The van der Waals surface area contributed by atoms with Crippen LogP contribution in [0, 0.1) is 0 Å². The molecule has 0 saturated carbocycles. The fourth-order valence-corrected chi connectivity index (χ4v) is 1.50. The average molecular weight is 229 g/mol. The molecule has 0 saturated heterocycles. The first-order valence-electron chi connectivity index (χ1n) is 4.96. The van der Waals surface area contributed by atoms with Crippen LogP contribution in [0.25, 0.3) is 11.1 Å². The van der Waals surface area contributed by atoms with Gasteiger partial charge in [-0.1, -0.05) is 6.07 Å². The first-order valence-corrected chi connectivity index (χ1v) is 4.96.